The van der Waals surface area contributed by atoms with Crippen LogP contribution < -0.4 is 5.56 Å². The van der Waals surface area contributed by atoms with Gasteiger partial charge in [-0.1, -0.05) is 18.2 Å². The van der Waals surface area contributed by atoms with E-state index < -0.39 is 5.97 Å². The molecule has 0 radical (unpaired) electrons. The van der Waals surface area contributed by atoms with Gasteiger partial charge in [0.25, 0.3) is 5.56 Å². The fourth-order valence-corrected chi connectivity index (χ4v) is 4.88. The molecule has 0 aliphatic heterocycles. The summed E-state index contributed by atoms with van der Waals surface area (Å²) in [6.45, 7) is 5.75. The minimum Gasteiger partial charge on any atom is -0.505 e. The highest BCUT2D eigenvalue weighted by Crippen LogP contribution is 2.45. The fraction of sp³-hybridized carbons (Fsp3) is 0.241. The lowest BCUT2D eigenvalue weighted by Gasteiger charge is -2.22. The van der Waals surface area contributed by atoms with Crippen LogP contribution in [0.5, 0.6) is 5.75 Å². The number of fused-ring (bicyclic) bond motifs is 1. The number of phenolic OH excluding ortho intramolecular Hbond substituents is 1. The van der Waals surface area contributed by atoms with Crippen molar-refractivity contribution in [3.05, 3.63) is 92.4 Å². The van der Waals surface area contributed by atoms with Gasteiger partial charge in [-0.05, 0) is 105 Å². The molecule has 1 aliphatic carbocycles. The van der Waals surface area contributed by atoms with Crippen LogP contribution in [-0.2, 0) is 12.8 Å². The van der Waals surface area contributed by atoms with Crippen LogP contribution in [0.3, 0.4) is 0 Å². The van der Waals surface area contributed by atoms with Crippen LogP contribution in [0.2, 0.25) is 0 Å². The van der Waals surface area contributed by atoms with E-state index >= 15 is 0 Å². The minimum atomic E-state index is -1.03. The zero-order valence-corrected chi connectivity index (χ0v) is 21.0. The molecule has 1 aromatic heterocycles. The highest BCUT2D eigenvalue weighted by molar-refractivity contribution is 5.91. The van der Waals surface area contributed by atoms with Crippen LogP contribution in [0.25, 0.3) is 16.8 Å². The summed E-state index contributed by atoms with van der Waals surface area (Å²) in [7, 11) is 0. The van der Waals surface area contributed by atoms with Crippen LogP contribution in [0.1, 0.15) is 51.1 Å². The Kier molecular flexibility index (Phi) is 6.25. The molecule has 4 aromatic rings. The number of carboxylic acid groups (broad SMARTS) is 1. The quantitative estimate of drug-likeness (QED) is 0.275. The number of carboxylic acids is 1. The first-order chi connectivity index (χ1) is 17.7. The number of H-pyrrole nitrogens is 1. The first kappa shape index (κ1) is 24.2. The third kappa shape index (κ3) is 4.46. The molecule has 37 heavy (non-hydrogen) atoms. The number of aromatic hydroxyl groups is 1. The van der Waals surface area contributed by atoms with Gasteiger partial charge in [-0.3, -0.25) is 9.89 Å². The minimum absolute atomic E-state index is 0.0744. The lowest BCUT2D eigenvalue weighted by Crippen LogP contribution is -2.14. The molecule has 1 heterocycles. The van der Waals surface area contributed by atoms with E-state index in [-0.39, 0.29) is 28.2 Å². The smallest absolute Gasteiger partial charge is 0.335 e. The number of phenols is 1. The molecule has 0 fully saturated rings. The number of carbonyl (C=O) groups is 1. The summed E-state index contributed by atoms with van der Waals surface area (Å²) in [6.07, 6.45) is 3.61. The maximum absolute atomic E-state index is 13.2. The normalized spacial score (nSPS) is 13.2. The molecular formula is C29H28N4O4. The zero-order valence-electron chi connectivity index (χ0n) is 21.0. The van der Waals surface area contributed by atoms with Crippen LogP contribution in [0.15, 0.2) is 63.6 Å². The summed E-state index contributed by atoms with van der Waals surface area (Å²) < 4.78 is 1.44. The summed E-state index contributed by atoms with van der Waals surface area (Å²) in [5.74, 6) is -1.11. The Labute approximate surface area is 213 Å². The Morgan fingerprint density at radius 2 is 1.76 bits per heavy atom. The Morgan fingerprint density at radius 1 is 0.973 bits per heavy atom. The molecule has 0 spiro atoms. The number of hydrogen-bond donors (Lipinski definition) is 3. The van der Waals surface area contributed by atoms with Gasteiger partial charge >= 0.3 is 5.97 Å². The number of aromatic nitrogens is 2. The molecule has 0 amide bonds. The van der Waals surface area contributed by atoms with E-state index in [1.165, 1.54) is 10.7 Å². The van der Waals surface area contributed by atoms with Crippen molar-refractivity contribution < 1.29 is 15.0 Å². The number of aryl methyl sites for hydroxylation is 4. The van der Waals surface area contributed by atoms with E-state index in [9.17, 15) is 19.8 Å². The van der Waals surface area contributed by atoms with Crippen LogP contribution in [0.4, 0.5) is 11.4 Å². The highest BCUT2D eigenvalue weighted by atomic mass is 16.4. The SMILES string of the molecule is Cc1ccc(-n2[nH]c(C)c(N=Nc3cc4c(c(-c5cccc(C(=O)O)c5)c3O)CCCC4)c2=O)cc1C. The molecule has 3 N–H and O–H groups in total. The molecule has 8 heteroatoms. The molecular weight excluding hydrogens is 468 g/mol. The van der Waals surface area contributed by atoms with Gasteiger partial charge in [0.1, 0.15) is 5.69 Å². The summed E-state index contributed by atoms with van der Waals surface area (Å²) in [4.78, 5) is 24.7. The summed E-state index contributed by atoms with van der Waals surface area (Å²) >= 11 is 0. The number of nitrogens with zero attached hydrogens (tertiary/aromatic N) is 3. The molecule has 5 rings (SSSR count). The molecule has 8 nitrogen and oxygen atoms in total. The number of aromatic carboxylic acids is 1. The van der Waals surface area contributed by atoms with Gasteiger partial charge in [0.05, 0.1) is 16.9 Å². The number of aromatic amines is 1. The second-order valence-corrected chi connectivity index (χ2v) is 9.54. The number of benzene rings is 3. The molecule has 0 bridgehead atoms. The van der Waals surface area contributed by atoms with Crippen molar-refractivity contribution in [3.8, 4) is 22.6 Å². The van der Waals surface area contributed by atoms with E-state index in [0.717, 1.165) is 47.9 Å². The largest absolute Gasteiger partial charge is 0.505 e. The number of nitrogens with one attached hydrogen (secondary N) is 1. The van der Waals surface area contributed by atoms with Crippen molar-refractivity contribution >= 4 is 17.3 Å². The van der Waals surface area contributed by atoms with Gasteiger partial charge in [0.2, 0.25) is 0 Å². The van der Waals surface area contributed by atoms with Crippen LogP contribution in [0, 0.1) is 20.8 Å². The second-order valence-electron chi connectivity index (χ2n) is 9.54. The van der Waals surface area contributed by atoms with Crippen molar-refractivity contribution in [2.45, 2.75) is 46.5 Å². The van der Waals surface area contributed by atoms with Gasteiger partial charge in [0, 0.05) is 5.56 Å². The standard InChI is InChI=1S/C29H28N4O4/c1-16-11-12-22(13-17(16)2)33-28(35)26(18(3)32-33)31-30-24-15-19-7-4-5-10-23(19)25(27(24)34)20-8-6-9-21(14-20)29(36)37/h6,8-9,11-15,32,34H,4-5,7,10H2,1-3H3,(H,36,37). The fourth-order valence-electron chi connectivity index (χ4n) is 4.88. The Hall–Kier alpha value is -4.46. The van der Waals surface area contributed by atoms with Crippen LogP contribution >= 0.6 is 0 Å². The maximum Gasteiger partial charge on any atom is 0.335 e. The Morgan fingerprint density at radius 3 is 2.51 bits per heavy atom. The number of rotatable bonds is 5. The van der Waals surface area contributed by atoms with Crippen molar-refractivity contribution in [1.29, 1.82) is 0 Å². The average Bonchev–Trinajstić information content (AvgIpc) is 3.17. The Balaban J connectivity index is 1.60. The third-order valence-electron chi connectivity index (χ3n) is 7.05. The lowest BCUT2D eigenvalue weighted by molar-refractivity contribution is 0.0697. The third-order valence-corrected chi connectivity index (χ3v) is 7.05. The van der Waals surface area contributed by atoms with Gasteiger partial charge in [-0.2, -0.15) is 0 Å². The summed E-state index contributed by atoms with van der Waals surface area (Å²) in [5, 5.41) is 32.4. The molecule has 1 aliphatic rings. The Bertz CT molecular complexity index is 1630. The van der Waals surface area contributed by atoms with Crippen molar-refractivity contribution in [1.82, 2.24) is 9.78 Å². The number of hydrogen-bond acceptors (Lipinski definition) is 5. The van der Waals surface area contributed by atoms with Crippen molar-refractivity contribution in [2.75, 3.05) is 0 Å². The summed E-state index contributed by atoms with van der Waals surface area (Å²) in [6, 6.07) is 14.1. The van der Waals surface area contributed by atoms with E-state index in [0.29, 0.717) is 22.5 Å². The average molecular weight is 497 g/mol. The molecule has 0 atom stereocenters. The predicted octanol–water partition coefficient (Wildman–Crippen LogP) is 6.46. The topological polar surface area (TPSA) is 120 Å². The molecule has 0 unspecified atom stereocenters. The molecule has 188 valence electrons. The van der Waals surface area contributed by atoms with E-state index in [1.54, 1.807) is 25.1 Å². The van der Waals surface area contributed by atoms with E-state index in [1.807, 2.05) is 38.1 Å². The second kappa shape index (κ2) is 9.54. The number of azo groups is 1. The van der Waals surface area contributed by atoms with Gasteiger partial charge in [-0.15, -0.1) is 10.2 Å². The summed E-state index contributed by atoms with van der Waals surface area (Å²) in [5.41, 5.74) is 6.90. The van der Waals surface area contributed by atoms with Gasteiger partial charge in [0.15, 0.2) is 11.4 Å². The van der Waals surface area contributed by atoms with Gasteiger partial charge < -0.3 is 10.2 Å². The van der Waals surface area contributed by atoms with Crippen molar-refractivity contribution in [2.24, 2.45) is 10.2 Å². The molecule has 0 saturated carbocycles. The maximum atomic E-state index is 13.2. The molecule has 0 saturated heterocycles. The predicted molar refractivity (Wildman–Crippen MR) is 142 cm³/mol. The van der Waals surface area contributed by atoms with Gasteiger partial charge in [-0.25, -0.2) is 9.48 Å². The van der Waals surface area contributed by atoms with E-state index in [2.05, 4.69) is 15.3 Å². The first-order valence-corrected chi connectivity index (χ1v) is 12.3. The highest BCUT2D eigenvalue weighted by Gasteiger charge is 2.22. The van der Waals surface area contributed by atoms with Crippen LogP contribution in [-0.4, -0.2) is 26.0 Å². The zero-order chi connectivity index (χ0) is 26.3. The van der Waals surface area contributed by atoms with E-state index in [4.69, 9.17) is 0 Å². The molecule has 3 aromatic carbocycles. The monoisotopic (exact) mass is 496 g/mol. The lowest BCUT2D eigenvalue weighted by atomic mass is 9.84. The first-order valence-electron chi connectivity index (χ1n) is 12.3. The van der Waals surface area contributed by atoms with Crippen molar-refractivity contribution in [3.63, 3.8) is 0 Å².